The second-order valence-corrected chi connectivity index (χ2v) is 5.84. The molecule has 0 bridgehead atoms. The minimum Gasteiger partial charge on any atom is -0.294 e. The highest BCUT2D eigenvalue weighted by Crippen LogP contribution is 2.37. The van der Waals surface area contributed by atoms with Gasteiger partial charge in [0.15, 0.2) is 5.78 Å². The van der Waals surface area contributed by atoms with E-state index in [9.17, 15) is 4.79 Å². The van der Waals surface area contributed by atoms with Gasteiger partial charge in [0.2, 0.25) is 0 Å². The van der Waals surface area contributed by atoms with Gasteiger partial charge in [-0.05, 0) is 41.9 Å². The van der Waals surface area contributed by atoms with Gasteiger partial charge in [0.1, 0.15) is 0 Å². The van der Waals surface area contributed by atoms with Crippen molar-refractivity contribution in [1.82, 2.24) is 0 Å². The van der Waals surface area contributed by atoms with E-state index in [2.05, 4.69) is 24.3 Å². The Morgan fingerprint density at radius 3 is 2.58 bits per heavy atom. The molecule has 0 aromatic heterocycles. The Morgan fingerprint density at radius 1 is 1.16 bits per heavy atom. The molecule has 1 aliphatic rings. The van der Waals surface area contributed by atoms with Gasteiger partial charge in [0, 0.05) is 16.9 Å². The Bertz CT molecular complexity index is 601. The summed E-state index contributed by atoms with van der Waals surface area (Å²) in [6.07, 6.45) is 3.72. The van der Waals surface area contributed by atoms with Crippen LogP contribution in [-0.2, 0) is 6.42 Å². The summed E-state index contributed by atoms with van der Waals surface area (Å²) in [6, 6.07) is 16.4. The summed E-state index contributed by atoms with van der Waals surface area (Å²) in [4.78, 5) is 13.5. The third-order valence-electron chi connectivity index (χ3n) is 3.81. The summed E-state index contributed by atoms with van der Waals surface area (Å²) in [5.41, 5.74) is 3.59. The minimum atomic E-state index is 0.257. The average Bonchev–Trinajstić information content (AvgIpc) is 2.44. The first-order valence-electron chi connectivity index (χ1n) is 6.53. The van der Waals surface area contributed by atoms with Gasteiger partial charge in [-0.15, -0.1) is 11.8 Å². The first-order chi connectivity index (χ1) is 9.28. The SMILES string of the molecule is CSc1ccc(C(=O)CC2Cc3ccccc32)cc1. The van der Waals surface area contributed by atoms with Crippen molar-refractivity contribution >= 4 is 17.5 Å². The van der Waals surface area contributed by atoms with Gasteiger partial charge >= 0.3 is 0 Å². The number of carbonyl (C=O) groups is 1. The molecule has 1 atom stereocenters. The molecule has 19 heavy (non-hydrogen) atoms. The maximum Gasteiger partial charge on any atom is 0.163 e. The van der Waals surface area contributed by atoms with E-state index in [0.717, 1.165) is 12.0 Å². The van der Waals surface area contributed by atoms with Crippen molar-refractivity contribution in [3.8, 4) is 0 Å². The molecule has 0 heterocycles. The maximum atomic E-state index is 12.3. The highest BCUT2D eigenvalue weighted by atomic mass is 32.2. The van der Waals surface area contributed by atoms with Gasteiger partial charge < -0.3 is 0 Å². The number of hydrogen-bond donors (Lipinski definition) is 0. The average molecular weight is 268 g/mol. The van der Waals surface area contributed by atoms with E-state index in [1.165, 1.54) is 16.0 Å². The lowest BCUT2D eigenvalue weighted by molar-refractivity contribution is 0.0970. The van der Waals surface area contributed by atoms with E-state index in [-0.39, 0.29) is 5.78 Å². The molecule has 0 radical (unpaired) electrons. The summed E-state index contributed by atoms with van der Waals surface area (Å²) in [5, 5.41) is 0. The van der Waals surface area contributed by atoms with Crippen LogP contribution in [0, 0.1) is 0 Å². The van der Waals surface area contributed by atoms with Crippen LogP contribution < -0.4 is 0 Å². The fourth-order valence-corrected chi connectivity index (χ4v) is 3.07. The molecule has 0 fully saturated rings. The summed E-state index contributed by atoms with van der Waals surface area (Å²) in [7, 11) is 0. The molecule has 0 aliphatic heterocycles. The van der Waals surface area contributed by atoms with Gasteiger partial charge in [-0.25, -0.2) is 0 Å². The molecule has 2 heteroatoms. The lowest BCUT2D eigenvalue weighted by Gasteiger charge is -2.29. The summed E-state index contributed by atoms with van der Waals surface area (Å²) >= 11 is 1.70. The lowest BCUT2D eigenvalue weighted by atomic mass is 9.74. The molecule has 1 unspecified atom stereocenters. The van der Waals surface area contributed by atoms with Crippen LogP contribution in [-0.4, -0.2) is 12.0 Å². The summed E-state index contributed by atoms with van der Waals surface area (Å²) < 4.78 is 0. The number of benzene rings is 2. The van der Waals surface area contributed by atoms with Crippen molar-refractivity contribution in [2.75, 3.05) is 6.26 Å². The third kappa shape index (κ3) is 2.45. The normalized spacial score (nSPS) is 16.6. The molecule has 1 aliphatic carbocycles. The predicted octanol–water partition coefficient (Wildman–Crippen LogP) is 4.32. The molecule has 0 spiro atoms. The van der Waals surface area contributed by atoms with Gasteiger partial charge in [-0.3, -0.25) is 4.79 Å². The van der Waals surface area contributed by atoms with E-state index in [4.69, 9.17) is 0 Å². The first-order valence-corrected chi connectivity index (χ1v) is 7.75. The van der Waals surface area contributed by atoms with E-state index in [1.807, 2.05) is 30.5 Å². The lowest BCUT2D eigenvalue weighted by Crippen LogP contribution is -2.20. The van der Waals surface area contributed by atoms with E-state index in [1.54, 1.807) is 11.8 Å². The summed E-state index contributed by atoms with van der Waals surface area (Å²) in [6.45, 7) is 0. The van der Waals surface area contributed by atoms with Crippen molar-refractivity contribution in [3.63, 3.8) is 0 Å². The van der Waals surface area contributed by atoms with Crippen LogP contribution in [0.5, 0.6) is 0 Å². The molecule has 0 N–H and O–H groups in total. The molecule has 0 saturated heterocycles. The fourth-order valence-electron chi connectivity index (χ4n) is 2.66. The van der Waals surface area contributed by atoms with Crippen molar-refractivity contribution in [1.29, 1.82) is 0 Å². The van der Waals surface area contributed by atoms with E-state index < -0.39 is 0 Å². The number of carbonyl (C=O) groups excluding carboxylic acids is 1. The molecule has 2 aromatic rings. The van der Waals surface area contributed by atoms with E-state index in [0.29, 0.717) is 12.3 Å². The highest BCUT2D eigenvalue weighted by molar-refractivity contribution is 7.98. The zero-order valence-corrected chi connectivity index (χ0v) is 11.7. The van der Waals surface area contributed by atoms with Crippen molar-refractivity contribution < 1.29 is 4.79 Å². The van der Waals surface area contributed by atoms with E-state index >= 15 is 0 Å². The van der Waals surface area contributed by atoms with Crippen LogP contribution in [0.4, 0.5) is 0 Å². The zero-order chi connectivity index (χ0) is 13.2. The van der Waals surface area contributed by atoms with Crippen molar-refractivity contribution in [2.24, 2.45) is 0 Å². The largest absolute Gasteiger partial charge is 0.294 e. The first kappa shape index (κ1) is 12.5. The molecule has 1 nitrogen and oxygen atoms in total. The van der Waals surface area contributed by atoms with Gasteiger partial charge in [0.25, 0.3) is 0 Å². The quantitative estimate of drug-likeness (QED) is 0.606. The monoisotopic (exact) mass is 268 g/mol. The zero-order valence-electron chi connectivity index (χ0n) is 10.9. The molecule has 2 aromatic carbocycles. The second kappa shape index (κ2) is 5.22. The Hall–Kier alpha value is -1.54. The number of ketones is 1. The smallest absolute Gasteiger partial charge is 0.163 e. The Morgan fingerprint density at radius 2 is 1.89 bits per heavy atom. The fraction of sp³-hybridized carbons (Fsp3) is 0.235. The Balaban J connectivity index is 1.69. The maximum absolute atomic E-state index is 12.3. The molecule has 3 rings (SSSR count). The van der Waals surface area contributed by atoms with Gasteiger partial charge in [0.05, 0.1) is 0 Å². The number of rotatable bonds is 4. The second-order valence-electron chi connectivity index (χ2n) is 4.96. The third-order valence-corrected chi connectivity index (χ3v) is 4.55. The van der Waals surface area contributed by atoms with Crippen LogP contribution >= 0.6 is 11.8 Å². The van der Waals surface area contributed by atoms with Gasteiger partial charge in [-0.2, -0.15) is 0 Å². The van der Waals surface area contributed by atoms with Crippen LogP contribution in [0.1, 0.15) is 33.8 Å². The minimum absolute atomic E-state index is 0.257. The van der Waals surface area contributed by atoms with Crippen molar-refractivity contribution in [3.05, 3.63) is 65.2 Å². The number of fused-ring (bicyclic) bond motifs is 1. The molecule has 0 amide bonds. The highest BCUT2D eigenvalue weighted by Gasteiger charge is 2.27. The van der Waals surface area contributed by atoms with Gasteiger partial charge in [-0.1, -0.05) is 36.4 Å². The van der Waals surface area contributed by atoms with Crippen LogP contribution in [0.25, 0.3) is 0 Å². The summed E-state index contributed by atoms with van der Waals surface area (Å²) in [5.74, 6) is 0.677. The standard InChI is InChI=1S/C17H16OS/c1-19-15-8-6-12(7-9-15)17(18)11-14-10-13-4-2-3-5-16(13)14/h2-9,14H,10-11H2,1H3. The Kier molecular flexibility index (Phi) is 3.43. The molecule has 96 valence electrons. The van der Waals surface area contributed by atoms with Crippen LogP contribution in [0.2, 0.25) is 0 Å². The number of thioether (sulfide) groups is 1. The molecule has 0 saturated carbocycles. The Labute approximate surface area is 118 Å². The van der Waals surface area contributed by atoms with Crippen LogP contribution in [0.15, 0.2) is 53.4 Å². The number of Topliss-reactive ketones (excluding diaryl/α,β-unsaturated/α-hetero) is 1. The molecular weight excluding hydrogens is 252 g/mol. The number of hydrogen-bond acceptors (Lipinski definition) is 2. The topological polar surface area (TPSA) is 17.1 Å². The van der Waals surface area contributed by atoms with Crippen LogP contribution in [0.3, 0.4) is 0 Å². The molecular formula is C17H16OS. The predicted molar refractivity (Wildman–Crippen MR) is 80.1 cm³/mol. The van der Waals surface area contributed by atoms with Crippen molar-refractivity contribution in [2.45, 2.75) is 23.7 Å².